The van der Waals surface area contributed by atoms with Gasteiger partial charge in [0, 0.05) is 18.6 Å². The van der Waals surface area contributed by atoms with Crippen molar-refractivity contribution in [2.75, 3.05) is 19.8 Å². The third-order valence-corrected chi connectivity index (χ3v) is 3.86. The molecule has 1 N–H and O–H groups in total. The fourth-order valence-electron chi connectivity index (χ4n) is 2.87. The normalized spacial score (nSPS) is 21.8. The number of nitrogens with one attached hydrogen (secondary N) is 1. The maximum Gasteiger partial charge on any atom is 0.0512 e. The first-order chi connectivity index (χ1) is 8.72. The van der Waals surface area contributed by atoms with Crippen molar-refractivity contribution in [3.8, 4) is 0 Å². The second-order valence-electron chi connectivity index (χ2n) is 5.37. The molecular formula is C16H25NO. The number of hydrogen-bond acceptors (Lipinski definition) is 2. The summed E-state index contributed by atoms with van der Waals surface area (Å²) in [6, 6.07) is 7.20. The molecule has 2 heteroatoms. The second kappa shape index (κ2) is 6.35. The molecule has 0 spiro atoms. The molecule has 1 aliphatic rings. The summed E-state index contributed by atoms with van der Waals surface area (Å²) < 4.78 is 5.66. The molecule has 1 saturated heterocycles. The molecule has 1 fully saturated rings. The Labute approximate surface area is 111 Å². The van der Waals surface area contributed by atoms with E-state index >= 15 is 0 Å². The van der Waals surface area contributed by atoms with E-state index in [0.29, 0.717) is 12.0 Å². The number of aryl methyl sites for hydroxylation is 2. The van der Waals surface area contributed by atoms with Crippen molar-refractivity contribution in [2.45, 2.75) is 39.7 Å². The van der Waals surface area contributed by atoms with Crippen LogP contribution in [0.25, 0.3) is 0 Å². The summed E-state index contributed by atoms with van der Waals surface area (Å²) in [6.07, 6.45) is 2.46. The van der Waals surface area contributed by atoms with E-state index in [2.05, 4.69) is 44.3 Å². The largest absolute Gasteiger partial charge is 0.381 e. The lowest BCUT2D eigenvalue weighted by molar-refractivity contribution is 0.0392. The molecular weight excluding hydrogens is 222 g/mol. The molecule has 2 atom stereocenters. The maximum absolute atomic E-state index is 5.66. The fraction of sp³-hybridized carbons (Fsp3) is 0.625. The summed E-state index contributed by atoms with van der Waals surface area (Å²) in [5.41, 5.74) is 4.18. The van der Waals surface area contributed by atoms with Crippen LogP contribution in [-0.4, -0.2) is 19.8 Å². The van der Waals surface area contributed by atoms with Crippen LogP contribution in [0.3, 0.4) is 0 Å². The first kappa shape index (κ1) is 13.6. The average Bonchev–Trinajstić information content (AvgIpc) is 2.40. The SMILES string of the molecule is CCNC(c1cc(C)ccc1C)C1CCCOC1. The molecule has 2 nitrogen and oxygen atoms in total. The molecule has 100 valence electrons. The highest BCUT2D eigenvalue weighted by Crippen LogP contribution is 2.31. The molecule has 1 aliphatic heterocycles. The van der Waals surface area contributed by atoms with Gasteiger partial charge >= 0.3 is 0 Å². The molecule has 0 saturated carbocycles. The Balaban J connectivity index is 2.24. The van der Waals surface area contributed by atoms with Gasteiger partial charge in [-0.15, -0.1) is 0 Å². The fourth-order valence-corrected chi connectivity index (χ4v) is 2.87. The predicted molar refractivity (Wildman–Crippen MR) is 75.9 cm³/mol. The Morgan fingerprint density at radius 1 is 1.39 bits per heavy atom. The number of hydrogen-bond donors (Lipinski definition) is 1. The molecule has 1 aromatic rings. The van der Waals surface area contributed by atoms with E-state index in [9.17, 15) is 0 Å². The van der Waals surface area contributed by atoms with Crippen molar-refractivity contribution in [1.29, 1.82) is 0 Å². The molecule has 0 radical (unpaired) electrons. The average molecular weight is 247 g/mol. The monoisotopic (exact) mass is 247 g/mol. The highest BCUT2D eigenvalue weighted by Gasteiger charge is 2.25. The minimum absolute atomic E-state index is 0.440. The molecule has 18 heavy (non-hydrogen) atoms. The van der Waals surface area contributed by atoms with Crippen LogP contribution in [-0.2, 0) is 4.74 Å². The van der Waals surface area contributed by atoms with Gasteiger partial charge in [-0.1, -0.05) is 30.7 Å². The van der Waals surface area contributed by atoms with E-state index in [-0.39, 0.29) is 0 Å². The van der Waals surface area contributed by atoms with Gasteiger partial charge in [0.1, 0.15) is 0 Å². The summed E-state index contributed by atoms with van der Waals surface area (Å²) in [5, 5.41) is 3.66. The zero-order valence-corrected chi connectivity index (χ0v) is 11.8. The zero-order valence-electron chi connectivity index (χ0n) is 11.8. The smallest absolute Gasteiger partial charge is 0.0512 e. The van der Waals surface area contributed by atoms with Crippen LogP contribution in [0, 0.1) is 19.8 Å². The molecule has 2 unspecified atom stereocenters. The quantitative estimate of drug-likeness (QED) is 0.880. The lowest BCUT2D eigenvalue weighted by Crippen LogP contribution is -2.33. The zero-order chi connectivity index (χ0) is 13.0. The number of rotatable bonds is 4. The third kappa shape index (κ3) is 3.12. The van der Waals surface area contributed by atoms with Crippen molar-refractivity contribution in [3.05, 3.63) is 34.9 Å². The highest BCUT2D eigenvalue weighted by atomic mass is 16.5. The molecule has 1 aromatic carbocycles. The van der Waals surface area contributed by atoms with Crippen LogP contribution in [0.5, 0.6) is 0 Å². The van der Waals surface area contributed by atoms with Crippen LogP contribution >= 0.6 is 0 Å². The van der Waals surface area contributed by atoms with Crippen LogP contribution in [0.1, 0.15) is 42.5 Å². The van der Waals surface area contributed by atoms with Crippen LogP contribution in [0.4, 0.5) is 0 Å². The van der Waals surface area contributed by atoms with Gasteiger partial charge in [-0.05, 0) is 44.4 Å². The van der Waals surface area contributed by atoms with Crippen LogP contribution < -0.4 is 5.32 Å². The minimum atomic E-state index is 0.440. The summed E-state index contributed by atoms with van der Waals surface area (Å²) in [5.74, 6) is 0.610. The summed E-state index contributed by atoms with van der Waals surface area (Å²) >= 11 is 0. The van der Waals surface area contributed by atoms with E-state index in [1.807, 2.05) is 0 Å². The maximum atomic E-state index is 5.66. The minimum Gasteiger partial charge on any atom is -0.381 e. The Hall–Kier alpha value is -0.860. The van der Waals surface area contributed by atoms with Gasteiger partial charge in [-0.2, -0.15) is 0 Å². The van der Waals surface area contributed by atoms with E-state index in [1.165, 1.54) is 29.5 Å². The molecule has 1 heterocycles. The van der Waals surface area contributed by atoms with Crippen molar-refractivity contribution in [1.82, 2.24) is 5.32 Å². The van der Waals surface area contributed by atoms with Crippen LogP contribution in [0.15, 0.2) is 18.2 Å². The lowest BCUT2D eigenvalue weighted by atomic mass is 9.86. The number of ether oxygens (including phenoxy) is 1. The summed E-state index contributed by atoms with van der Waals surface area (Å²) in [4.78, 5) is 0. The topological polar surface area (TPSA) is 21.3 Å². The van der Waals surface area contributed by atoms with Crippen LogP contribution in [0.2, 0.25) is 0 Å². The van der Waals surface area contributed by atoms with Gasteiger partial charge < -0.3 is 10.1 Å². The van der Waals surface area contributed by atoms with Gasteiger partial charge in [0.15, 0.2) is 0 Å². The first-order valence-electron chi connectivity index (χ1n) is 7.10. The van der Waals surface area contributed by atoms with Crippen molar-refractivity contribution in [2.24, 2.45) is 5.92 Å². The van der Waals surface area contributed by atoms with Crippen molar-refractivity contribution in [3.63, 3.8) is 0 Å². The van der Waals surface area contributed by atoms with Crippen molar-refractivity contribution >= 4 is 0 Å². The molecule has 0 bridgehead atoms. The predicted octanol–water partition coefficient (Wildman–Crippen LogP) is 3.38. The molecule has 0 aliphatic carbocycles. The van der Waals surface area contributed by atoms with E-state index in [4.69, 9.17) is 4.74 Å². The summed E-state index contributed by atoms with van der Waals surface area (Å²) in [6.45, 7) is 9.40. The Bertz CT molecular complexity index is 383. The van der Waals surface area contributed by atoms with E-state index in [0.717, 1.165) is 19.8 Å². The van der Waals surface area contributed by atoms with Gasteiger partial charge in [0.25, 0.3) is 0 Å². The molecule has 0 aromatic heterocycles. The van der Waals surface area contributed by atoms with Gasteiger partial charge in [0.2, 0.25) is 0 Å². The van der Waals surface area contributed by atoms with Gasteiger partial charge in [-0.3, -0.25) is 0 Å². The van der Waals surface area contributed by atoms with Gasteiger partial charge in [-0.25, -0.2) is 0 Å². The second-order valence-corrected chi connectivity index (χ2v) is 5.37. The molecule has 0 amide bonds. The highest BCUT2D eigenvalue weighted by molar-refractivity contribution is 5.33. The standard InChI is InChI=1S/C16H25NO/c1-4-17-16(14-6-5-9-18-11-14)15-10-12(2)7-8-13(15)3/h7-8,10,14,16-17H,4-6,9,11H2,1-3H3. The van der Waals surface area contributed by atoms with Crippen molar-refractivity contribution < 1.29 is 4.74 Å². The third-order valence-electron chi connectivity index (χ3n) is 3.86. The lowest BCUT2D eigenvalue weighted by Gasteiger charge is -2.32. The Morgan fingerprint density at radius 2 is 2.22 bits per heavy atom. The van der Waals surface area contributed by atoms with E-state index in [1.54, 1.807) is 0 Å². The van der Waals surface area contributed by atoms with Gasteiger partial charge in [0.05, 0.1) is 6.61 Å². The number of benzene rings is 1. The Kier molecular flexibility index (Phi) is 4.79. The molecule has 2 rings (SSSR count). The van der Waals surface area contributed by atoms with E-state index < -0.39 is 0 Å². The summed E-state index contributed by atoms with van der Waals surface area (Å²) in [7, 11) is 0. The Morgan fingerprint density at radius 3 is 2.89 bits per heavy atom. The first-order valence-corrected chi connectivity index (χ1v) is 7.10.